The van der Waals surface area contributed by atoms with Gasteiger partial charge in [-0.15, -0.1) is 12.3 Å². The molecular weight excluding hydrogens is 292 g/mol. The Morgan fingerprint density at radius 1 is 1.41 bits per heavy atom. The molecule has 0 bridgehead atoms. The van der Waals surface area contributed by atoms with E-state index in [9.17, 15) is 4.79 Å². The molecule has 0 saturated heterocycles. The lowest BCUT2D eigenvalue weighted by molar-refractivity contribution is -0.152. The molecule has 0 aromatic heterocycles. The van der Waals surface area contributed by atoms with Gasteiger partial charge in [-0.25, -0.2) is 0 Å². The fourth-order valence-corrected chi connectivity index (χ4v) is 3.88. The van der Waals surface area contributed by atoms with E-state index in [1.165, 1.54) is 7.11 Å². The van der Waals surface area contributed by atoms with Gasteiger partial charge in [0.25, 0.3) is 0 Å². The number of esters is 1. The maximum absolute atomic E-state index is 12.6. The Morgan fingerprint density at radius 2 is 2.00 bits per heavy atom. The van der Waals surface area contributed by atoms with E-state index in [-0.39, 0.29) is 11.0 Å². The quantitative estimate of drug-likeness (QED) is 0.429. The number of allylic oxidation sites excluding steroid dienone is 1. The van der Waals surface area contributed by atoms with Crippen molar-refractivity contribution in [3.63, 3.8) is 0 Å². The first kappa shape index (κ1) is 18.8. The maximum Gasteiger partial charge on any atom is 0.320 e. The number of ether oxygens (including phenoxy) is 1. The second kappa shape index (κ2) is 6.50. The smallest absolute Gasteiger partial charge is 0.320 e. The van der Waals surface area contributed by atoms with Gasteiger partial charge in [0.05, 0.1) is 12.9 Å². The Morgan fingerprint density at radius 3 is 2.45 bits per heavy atom. The van der Waals surface area contributed by atoms with E-state index in [4.69, 9.17) is 15.6 Å². The van der Waals surface area contributed by atoms with Gasteiger partial charge in [0.2, 0.25) is 8.32 Å². The third-order valence-corrected chi connectivity index (χ3v) is 9.45. The Balaban J connectivity index is 3.37. The van der Waals surface area contributed by atoms with Crippen molar-refractivity contribution in [2.24, 2.45) is 5.41 Å². The van der Waals surface area contributed by atoms with E-state index in [1.807, 2.05) is 0 Å². The van der Waals surface area contributed by atoms with Gasteiger partial charge in [-0.3, -0.25) is 4.79 Å². The van der Waals surface area contributed by atoms with Gasteiger partial charge in [0, 0.05) is 6.42 Å². The molecule has 0 aliphatic heterocycles. The van der Waals surface area contributed by atoms with Crippen LogP contribution in [0.25, 0.3) is 0 Å². The van der Waals surface area contributed by atoms with Crippen LogP contribution in [0, 0.1) is 17.8 Å². The number of rotatable bonds is 4. The molecule has 1 unspecified atom stereocenters. The van der Waals surface area contributed by atoms with E-state index in [2.05, 4.69) is 46.7 Å². The topological polar surface area (TPSA) is 35.5 Å². The molecule has 1 atom stereocenters. The lowest BCUT2D eigenvalue weighted by atomic mass is 9.72. The lowest BCUT2D eigenvalue weighted by Crippen LogP contribution is -2.46. The average molecular weight is 323 g/mol. The van der Waals surface area contributed by atoms with Gasteiger partial charge < -0.3 is 9.16 Å². The van der Waals surface area contributed by atoms with Crippen molar-refractivity contribution in [2.75, 3.05) is 7.11 Å². The molecule has 0 heterocycles. The Kier molecular flexibility index (Phi) is 5.56. The van der Waals surface area contributed by atoms with Crippen molar-refractivity contribution in [3.8, 4) is 12.3 Å². The molecule has 0 amide bonds. The van der Waals surface area contributed by atoms with Crippen molar-refractivity contribution in [1.29, 1.82) is 0 Å². The van der Waals surface area contributed by atoms with E-state index < -0.39 is 13.7 Å². The highest BCUT2D eigenvalue weighted by molar-refractivity contribution is 6.74. The molecule has 0 N–H and O–H groups in total. The molecule has 0 aromatic rings. The zero-order chi connectivity index (χ0) is 17.2. The number of carbonyl (C=O) groups is 1. The highest BCUT2D eigenvalue weighted by Gasteiger charge is 2.50. The number of carbonyl (C=O) groups excluding carboxylic acids is 1. The first-order valence-corrected chi connectivity index (χ1v) is 10.8. The van der Waals surface area contributed by atoms with Crippen LogP contribution in [0.15, 0.2) is 11.3 Å². The molecule has 0 radical (unpaired) electrons. The van der Waals surface area contributed by atoms with Crippen LogP contribution in [0.2, 0.25) is 18.1 Å². The van der Waals surface area contributed by atoms with E-state index in [1.54, 1.807) is 0 Å². The lowest BCUT2D eigenvalue weighted by Gasteiger charge is -2.44. The zero-order valence-electron chi connectivity index (χ0n) is 15.1. The minimum atomic E-state index is -2.04. The van der Waals surface area contributed by atoms with Crippen molar-refractivity contribution < 1.29 is 14.0 Å². The summed E-state index contributed by atoms with van der Waals surface area (Å²) in [6.45, 7) is 13.0. The highest BCUT2D eigenvalue weighted by atomic mass is 28.4. The van der Waals surface area contributed by atoms with Crippen LogP contribution >= 0.6 is 0 Å². The predicted octanol–water partition coefficient (Wildman–Crippen LogP) is 4.65. The molecule has 0 fully saturated rings. The third kappa shape index (κ3) is 3.40. The Hall–Kier alpha value is -1.21. The molecule has 1 aliphatic rings. The van der Waals surface area contributed by atoms with Gasteiger partial charge in [-0.2, -0.15) is 0 Å². The van der Waals surface area contributed by atoms with Gasteiger partial charge in [0.15, 0.2) is 0 Å². The molecule has 124 valence electrons. The number of methoxy groups -OCH3 is 1. The largest absolute Gasteiger partial charge is 0.546 e. The van der Waals surface area contributed by atoms with Crippen molar-refractivity contribution in [1.82, 2.24) is 0 Å². The van der Waals surface area contributed by atoms with Crippen LogP contribution in [0.4, 0.5) is 0 Å². The fraction of sp³-hybridized carbons (Fsp3) is 0.722. The minimum absolute atomic E-state index is 0.0652. The second-order valence-corrected chi connectivity index (χ2v) is 12.5. The summed E-state index contributed by atoms with van der Waals surface area (Å²) in [5.74, 6) is 3.19. The summed E-state index contributed by atoms with van der Waals surface area (Å²) >= 11 is 0. The van der Waals surface area contributed by atoms with Crippen LogP contribution in [0.1, 0.15) is 53.4 Å². The number of hydrogen-bond donors (Lipinski definition) is 0. The van der Waals surface area contributed by atoms with Crippen LogP contribution in [0.3, 0.4) is 0 Å². The molecule has 3 nitrogen and oxygen atoms in total. The van der Waals surface area contributed by atoms with Gasteiger partial charge >= 0.3 is 5.97 Å². The van der Waals surface area contributed by atoms with Gasteiger partial charge in [-0.1, -0.05) is 20.8 Å². The number of terminal acetylenes is 1. The van der Waals surface area contributed by atoms with E-state index in [0.717, 1.165) is 24.2 Å². The zero-order valence-corrected chi connectivity index (χ0v) is 16.1. The van der Waals surface area contributed by atoms with Crippen LogP contribution < -0.4 is 0 Å². The fourth-order valence-electron chi connectivity index (χ4n) is 2.69. The van der Waals surface area contributed by atoms with E-state index in [0.29, 0.717) is 12.8 Å². The normalized spacial score (nSPS) is 23.0. The average Bonchev–Trinajstić information content (AvgIpc) is 2.40. The molecule has 0 spiro atoms. The standard InChI is InChI=1S/C18H30O3Si/c1-9-12-18(16(19)20-6)13-10-11-14(2)15(18)21-22(7,8)17(3,4)5/h1H,10-13H2,2-8H3. The van der Waals surface area contributed by atoms with Crippen LogP contribution in [-0.2, 0) is 14.0 Å². The summed E-state index contributed by atoms with van der Waals surface area (Å²) in [6.07, 6.45) is 8.49. The molecule has 22 heavy (non-hydrogen) atoms. The summed E-state index contributed by atoms with van der Waals surface area (Å²) in [7, 11) is -0.620. The SMILES string of the molecule is C#CCC1(C(=O)OC)CCCC(C)=C1O[Si](C)(C)C(C)(C)C. The van der Waals surface area contributed by atoms with Crippen LogP contribution in [-0.4, -0.2) is 21.4 Å². The summed E-state index contributed by atoms with van der Waals surface area (Å²) in [5, 5.41) is 0.0652. The molecule has 1 rings (SSSR count). The first-order chi connectivity index (χ1) is 10.0. The molecule has 1 aliphatic carbocycles. The van der Waals surface area contributed by atoms with Crippen molar-refractivity contribution >= 4 is 14.3 Å². The van der Waals surface area contributed by atoms with Crippen molar-refractivity contribution in [2.45, 2.75) is 71.5 Å². The molecule has 0 aromatic carbocycles. The summed E-state index contributed by atoms with van der Waals surface area (Å²) in [5.41, 5.74) is 0.332. The summed E-state index contributed by atoms with van der Waals surface area (Å²) < 4.78 is 11.7. The molecule has 0 saturated carbocycles. The second-order valence-electron chi connectivity index (χ2n) is 7.78. The van der Waals surface area contributed by atoms with E-state index >= 15 is 0 Å². The summed E-state index contributed by atoms with van der Waals surface area (Å²) in [4.78, 5) is 12.6. The maximum atomic E-state index is 12.6. The molecular formula is C18H30O3Si. The Bertz CT molecular complexity index is 505. The first-order valence-electron chi connectivity index (χ1n) is 7.93. The monoisotopic (exact) mass is 322 g/mol. The van der Waals surface area contributed by atoms with Gasteiger partial charge in [0.1, 0.15) is 5.41 Å². The summed E-state index contributed by atoms with van der Waals surface area (Å²) in [6, 6.07) is 0. The predicted molar refractivity (Wildman–Crippen MR) is 92.7 cm³/mol. The number of hydrogen-bond acceptors (Lipinski definition) is 3. The van der Waals surface area contributed by atoms with Crippen molar-refractivity contribution in [3.05, 3.63) is 11.3 Å². The highest BCUT2D eigenvalue weighted by Crippen LogP contribution is 2.49. The van der Waals surface area contributed by atoms with Crippen LogP contribution in [0.5, 0.6) is 0 Å². The minimum Gasteiger partial charge on any atom is -0.546 e. The Labute approximate surface area is 136 Å². The third-order valence-electron chi connectivity index (χ3n) is 5.12. The molecule has 4 heteroatoms. The van der Waals surface area contributed by atoms with Gasteiger partial charge in [-0.05, 0) is 49.9 Å².